The van der Waals surface area contributed by atoms with Crippen LogP contribution in [-0.4, -0.2) is 45.6 Å². The lowest BCUT2D eigenvalue weighted by Crippen LogP contribution is -2.28. The highest BCUT2D eigenvalue weighted by molar-refractivity contribution is 7.92. The third-order valence-corrected chi connectivity index (χ3v) is 6.00. The summed E-state index contributed by atoms with van der Waals surface area (Å²) in [5.41, 5.74) is 2.07. The summed E-state index contributed by atoms with van der Waals surface area (Å²) >= 11 is 0. The Morgan fingerprint density at radius 2 is 1.73 bits per heavy atom. The number of nitrogens with zero attached hydrogens (tertiary/aromatic N) is 2. The maximum Gasteiger partial charge on any atom is 0.253 e. The van der Waals surface area contributed by atoms with E-state index in [2.05, 4.69) is 0 Å². The first-order chi connectivity index (χ1) is 12.3. The first-order valence-corrected chi connectivity index (χ1v) is 10.2. The normalized spacial score (nSPS) is 17.3. The lowest BCUT2D eigenvalue weighted by Gasteiger charge is -2.19. The Balaban J connectivity index is 1.69. The molecule has 1 amide bonds. The maximum atomic E-state index is 13.1. The van der Waals surface area contributed by atoms with Crippen molar-refractivity contribution in [2.24, 2.45) is 0 Å². The van der Waals surface area contributed by atoms with Gasteiger partial charge < -0.3 is 4.90 Å². The molecule has 138 valence electrons. The second-order valence-electron chi connectivity index (χ2n) is 6.57. The standard InChI is InChI=1S/C19H21FN2O3S/c1-21(26(2,24)25)18-9-5-15(6-10-18)19(23)22-12-11-16(13-22)14-3-7-17(20)8-4-14/h3-10,16H,11-13H2,1-2H3/t16-/m0/s1. The molecule has 0 N–H and O–H groups in total. The SMILES string of the molecule is CN(c1ccc(C(=O)N2CC[C@H](c3ccc(F)cc3)C2)cc1)S(C)(=O)=O. The second kappa shape index (κ2) is 7.07. The van der Waals surface area contributed by atoms with Gasteiger partial charge in [-0.15, -0.1) is 0 Å². The van der Waals surface area contributed by atoms with E-state index in [1.807, 2.05) is 0 Å². The molecule has 26 heavy (non-hydrogen) atoms. The summed E-state index contributed by atoms with van der Waals surface area (Å²) < 4.78 is 37.4. The van der Waals surface area contributed by atoms with Gasteiger partial charge in [0.1, 0.15) is 5.82 Å². The third-order valence-electron chi connectivity index (χ3n) is 4.79. The Kier molecular flexibility index (Phi) is 5.00. The second-order valence-corrected chi connectivity index (χ2v) is 8.58. The number of carbonyl (C=O) groups is 1. The molecule has 1 saturated heterocycles. The minimum Gasteiger partial charge on any atom is -0.338 e. The number of sulfonamides is 1. The monoisotopic (exact) mass is 376 g/mol. The molecular formula is C19H21FN2O3S. The summed E-state index contributed by atoms with van der Waals surface area (Å²) in [4.78, 5) is 14.5. The van der Waals surface area contributed by atoms with Gasteiger partial charge in [-0.3, -0.25) is 9.10 Å². The molecule has 5 nitrogen and oxygen atoms in total. The molecule has 0 saturated carbocycles. The van der Waals surface area contributed by atoms with Gasteiger partial charge in [0.05, 0.1) is 11.9 Å². The molecule has 0 aliphatic carbocycles. The highest BCUT2D eigenvalue weighted by Crippen LogP contribution is 2.28. The van der Waals surface area contributed by atoms with E-state index >= 15 is 0 Å². The first kappa shape index (κ1) is 18.4. The van der Waals surface area contributed by atoms with Gasteiger partial charge in [0.25, 0.3) is 5.91 Å². The van der Waals surface area contributed by atoms with E-state index < -0.39 is 10.0 Å². The molecule has 1 aliphatic heterocycles. The molecule has 0 spiro atoms. The average molecular weight is 376 g/mol. The highest BCUT2D eigenvalue weighted by Gasteiger charge is 2.28. The van der Waals surface area contributed by atoms with Crippen LogP contribution in [0.2, 0.25) is 0 Å². The summed E-state index contributed by atoms with van der Waals surface area (Å²) in [6.45, 7) is 1.24. The number of amides is 1. The smallest absolute Gasteiger partial charge is 0.253 e. The van der Waals surface area contributed by atoms with Crippen molar-refractivity contribution >= 4 is 21.6 Å². The number of likely N-dealkylation sites (tertiary alicyclic amines) is 1. The van der Waals surface area contributed by atoms with Gasteiger partial charge in [0, 0.05) is 31.6 Å². The number of carbonyl (C=O) groups excluding carboxylic acids is 1. The zero-order chi connectivity index (χ0) is 18.9. The van der Waals surface area contributed by atoms with Crippen molar-refractivity contribution in [2.75, 3.05) is 30.7 Å². The number of hydrogen-bond donors (Lipinski definition) is 0. The van der Waals surface area contributed by atoms with Crippen molar-refractivity contribution in [1.82, 2.24) is 4.90 Å². The lowest BCUT2D eigenvalue weighted by molar-refractivity contribution is 0.0791. The highest BCUT2D eigenvalue weighted by atomic mass is 32.2. The fourth-order valence-electron chi connectivity index (χ4n) is 3.14. The molecule has 1 atom stereocenters. The number of halogens is 1. The predicted molar refractivity (Wildman–Crippen MR) is 99.4 cm³/mol. The molecule has 0 bridgehead atoms. The van der Waals surface area contributed by atoms with Gasteiger partial charge in [-0.25, -0.2) is 12.8 Å². The van der Waals surface area contributed by atoms with Crippen LogP contribution in [0.1, 0.15) is 28.3 Å². The molecule has 3 rings (SSSR count). The van der Waals surface area contributed by atoms with Gasteiger partial charge in [-0.2, -0.15) is 0 Å². The molecule has 2 aromatic carbocycles. The van der Waals surface area contributed by atoms with Gasteiger partial charge >= 0.3 is 0 Å². The molecule has 1 fully saturated rings. The van der Waals surface area contributed by atoms with Crippen molar-refractivity contribution in [3.63, 3.8) is 0 Å². The molecule has 0 radical (unpaired) electrons. The largest absolute Gasteiger partial charge is 0.338 e. The van der Waals surface area contributed by atoms with Crippen LogP contribution in [0.5, 0.6) is 0 Å². The van der Waals surface area contributed by atoms with E-state index in [0.717, 1.165) is 18.2 Å². The van der Waals surface area contributed by atoms with E-state index in [4.69, 9.17) is 0 Å². The Bertz CT molecular complexity index is 895. The Labute approximate surface area is 153 Å². The first-order valence-electron chi connectivity index (χ1n) is 8.34. The van der Waals surface area contributed by atoms with E-state index in [-0.39, 0.29) is 17.6 Å². The molecule has 7 heteroatoms. The summed E-state index contributed by atoms with van der Waals surface area (Å²) in [5, 5.41) is 0. The minimum atomic E-state index is -3.33. The number of hydrogen-bond acceptors (Lipinski definition) is 3. The van der Waals surface area contributed by atoms with Crippen molar-refractivity contribution in [3.8, 4) is 0 Å². The van der Waals surface area contributed by atoms with Crippen LogP contribution in [0.3, 0.4) is 0 Å². The lowest BCUT2D eigenvalue weighted by atomic mass is 9.98. The summed E-state index contributed by atoms with van der Waals surface area (Å²) in [5.74, 6) is -0.141. The van der Waals surface area contributed by atoms with Gasteiger partial charge in [-0.05, 0) is 48.4 Å². The quantitative estimate of drug-likeness (QED) is 0.824. The van der Waals surface area contributed by atoms with Gasteiger partial charge in [-0.1, -0.05) is 12.1 Å². The van der Waals surface area contributed by atoms with Crippen molar-refractivity contribution in [3.05, 3.63) is 65.5 Å². The van der Waals surface area contributed by atoms with Crippen LogP contribution >= 0.6 is 0 Å². The molecule has 1 aliphatic rings. The summed E-state index contributed by atoms with van der Waals surface area (Å²) in [6, 6.07) is 13.0. The van der Waals surface area contributed by atoms with E-state index in [1.165, 1.54) is 23.5 Å². The van der Waals surface area contributed by atoms with Gasteiger partial charge in [0.15, 0.2) is 0 Å². The third kappa shape index (κ3) is 3.88. The van der Waals surface area contributed by atoms with Crippen molar-refractivity contribution in [1.29, 1.82) is 0 Å². The Morgan fingerprint density at radius 1 is 1.12 bits per heavy atom. The summed E-state index contributed by atoms with van der Waals surface area (Å²) in [6.07, 6.45) is 1.97. The van der Waals surface area contributed by atoms with Crippen LogP contribution in [0.15, 0.2) is 48.5 Å². The van der Waals surface area contributed by atoms with E-state index in [9.17, 15) is 17.6 Å². The van der Waals surface area contributed by atoms with Crippen molar-refractivity contribution in [2.45, 2.75) is 12.3 Å². The number of rotatable bonds is 4. The molecular weight excluding hydrogens is 355 g/mol. The number of anilines is 1. The number of benzene rings is 2. The Morgan fingerprint density at radius 3 is 2.31 bits per heavy atom. The fraction of sp³-hybridized carbons (Fsp3) is 0.316. The average Bonchev–Trinajstić information content (AvgIpc) is 3.10. The van der Waals surface area contributed by atoms with Crippen LogP contribution in [0, 0.1) is 5.82 Å². The molecule has 0 aromatic heterocycles. The maximum absolute atomic E-state index is 13.1. The predicted octanol–water partition coefficient (Wildman–Crippen LogP) is 2.85. The minimum absolute atomic E-state index is 0.0804. The van der Waals surface area contributed by atoms with Crippen LogP contribution in [0.4, 0.5) is 10.1 Å². The van der Waals surface area contributed by atoms with E-state index in [1.54, 1.807) is 41.3 Å². The fourth-order valence-corrected chi connectivity index (χ4v) is 3.64. The van der Waals surface area contributed by atoms with Crippen molar-refractivity contribution < 1.29 is 17.6 Å². The van der Waals surface area contributed by atoms with Crippen LogP contribution in [0.25, 0.3) is 0 Å². The molecule has 1 heterocycles. The molecule has 2 aromatic rings. The topological polar surface area (TPSA) is 57.7 Å². The molecule has 0 unspecified atom stereocenters. The van der Waals surface area contributed by atoms with Crippen LogP contribution < -0.4 is 4.31 Å². The van der Waals surface area contributed by atoms with Crippen LogP contribution in [-0.2, 0) is 10.0 Å². The van der Waals surface area contributed by atoms with Gasteiger partial charge in [0.2, 0.25) is 10.0 Å². The Hall–Kier alpha value is -2.41. The van der Waals surface area contributed by atoms with E-state index in [0.29, 0.717) is 24.3 Å². The zero-order valence-corrected chi connectivity index (χ0v) is 15.5. The summed E-state index contributed by atoms with van der Waals surface area (Å²) in [7, 11) is -1.86. The zero-order valence-electron chi connectivity index (χ0n) is 14.7.